The Morgan fingerprint density at radius 3 is 2.10 bits per heavy atom. The molecule has 0 saturated carbocycles. The van der Waals surface area contributed by atoms with Crippen LogP contribution in [-0.2, 0) is 4.79 Å². The molecule has 0 aliphatic rings. The van der Waals surface area contributed by atoms with Gasteiger partial charge in [0.1, 0.15) is 11.5 Å². The van der Waals surface area contributed by atoms with Gasteiger partial charge in [0, 0.05) is 28.6 Å². The first kappa shape index (κ1) is 21.6. The second kappa shape index (κ2) is 10.1. The molecule has 6 nitrogen and oxygen atoms in total. The van der Waals surface area contributed by atoms with Crippen molar-refractivity contribution in [1.82, 2.24) is 0 Å². The van der Waals surface area contributed by atoms with Crippen molar-refractivity contribution in [1.29, 1.82) is 0 Å². The Hall–Kier alpha value is -4.06. The average Bonchev–Trinajstić information content (AvgIpc) is 2.78. The molecule has 0 saturated heterocycles. The second-order valence-corrected chi connectivity index (χ2v) is 6.83. The molecule has 2 N–H and O–H groups in total. The van der Waals surface area contributed by atoms with Crippen molar-refractivity contribution in [3.05, 3.63) is 89.5 Å². The summed E-state index contributed by atoms with van der Waals surface area (Å²) in [5, 5.41) is 5.60. The van der Waals surface area contributed by atoms with Gasteiger partial charge in [-0.1, -0.05) is 11.6 Å². The maximum Gasteiger partial charge on any atom is 0.255 e. The standard InChI is InChI=1S/C25H24N2O4/c1-17-4-14-23(31-3)19(16-17)7-15-24(28)26-20-8-5-18(6-9-20)25(29)27-21-10-12-22(30-2)13-11-21/h4-16H,1-3H3,(H,26,28)(H,27,29). The number of benzene rings is 3. The Kier molecular flexibility index (Phi) is 7.06. The van der Waals surface area contributed by atoms with Crippen LogP contribution in [0.3, 0.4) is 0 Å². The fraction of sp³-hybridized carbons (Fsp3) is 0.120. The van der Waals surface area contributed by atoms with Gasteiger partial charge in [-0.15, -0.1) is 0 Å². The molecule has 0 aliphatic carbocycles. The van der Waals surface area contributed by atoms with Crippen molar-refractivity contribution in [2.45, 2.75) is 6.92 Å². The van der Waals surface area contributed by atoms with Crippen LogP contribution in [0.15, 0.2) is 72.8 Å². The molecule has 0 spiro atoms. The summed E-state index contributed by atoms with van der Waals surface area (Å²) in [4.78, 5) is 24.7. The molecule has 0 radical (unpaired) electrons. The van der Waals surface area contributed by atoms with Crippen molar-refractivity contribution in [3.63, 3.8) is 0 Å². The number of rotatable bonds is 7. The van der Waals surface area contributed by atoms with Crippen molar-refractivity contribution >= 4 is 29.3 Å². The molecule has 3 rings (SSSR count). The van der Waals surface area contributed by atoms with Gasteiger partial charge in [0.2, 0.25) is 5.91 Å². The summed E-state index contributed by atoms with van der Waals surface area (Å²) in [6, 6.07) is 19.5. The fourth-order valence-electron chi connectivity index (χ4n) is 2.92. The summed E-state index contributed by atoms with van der Waals surface area (Å²) in [5.74, 6) is 0.892. The predicted octanol–water partition coefficient (Wildman–Crippen LogP) is 4.92. The molecule has 0 bridgehead atoms. The summed E-state index contributed by atoms with van der Waals surface area (Å²) in [7, 11) is 3.18. The molecule has 3 aromatic carbocycles. The van der Waals surface area contributed by atoms with Crippen molar-refractivity contribution in [2.75, 3.05) is 24.9 Å². The van der Waals surface area contributed by atoms with Crippen molar-refractivity contribution in [3.8, 4) is 11.5 Å². The Balaban J connectivity index is 1.60. The second-order valence-electron chi connectivity index (χ2n) is 6.83. The monoisotopic (exact) mass is 416 g/mol. The first-order valence-corrected chi connectivity index (χ1v) is 9.67. The normalized spacial score (nSPS) is 10.5. The predicted molar refractivity (Wildman–Crippen MR) is 123 cm³/mol. The van der Waals surface area contributed by atoms with Gasteiger partial charge in [0.25, 0.3) is 5.91 Å². The molecule has 31 heavy (non-hydrogen) atoms. The number of hydrogen-bond acceptors (Lipinski definition) is 4. The van der Waals surface area contributed by atoms with Crippen LogP contribution in [0.2, 0.25) is 0 Å². The third-order valence-electron chi connectivity index (χ3n) is 4.56. The maximum atomic E-state index is 12.4. The highest BCUT2D eigenvalue weighted by molar-refractivity contribution is 6.05. The number of carbonyl (C=O) groups is 2. The molecule has 0 heterocycles. The first-order valence-electron chi connectivity index (χ1n) is 9.67. The number of hydrogen-bond donors (Lipinski definition) is 2. The summed E-state index contributed by atoms with van der Waals surface area (Å²) in [6.45, 7) is 1.98. The molecular formula is C25H24N2O4. The van der Waals surface area contributed by atoms with E-state index in [1.807, 2.05) is 25.1 Å². The van der Waals surface area contributed by atoms with Crippen LogP contribution in [0.4, 0.5) is 11.4 Å². The van der Waals surface area contributed by atoms with Crippen molar-refractivity contribution < 1.29 is 19.1 Å². The van der Waals surface area contributed by atoms with Crippen LogP contribution in [0, 0.1) is 6.92 Å². The maximum absolute atomic E-state index is 12.4. The minimum absolute atomic E-state index is 0.241. The highest BCUT2D eigenvalue weighted by Crippen LogP contribution is 2.21. The van der Waals surface area contributed by atoms with Crippen LogP contribution in [0.25, 0.3) is 6.08 Å². The fourth-order valence-corrected chi connectivity index (χ4v) is 2.92. The van der Waals surface area contributed by atoms with Crippen LogP contribution in [-0.4, -0.2) is 26.0 Å². The van der Waals surface area contributed by atoms with Gasteiger partial charge in [0.05, 0.1) is 14.2 Å². The lowest BCUT2D eigenvalue weighted by Crippen LogP contribution is -2.12. The van der Waals surface area contributed by atoms with Gasteiger partial charge >= 0.3 is 0 Å². The largest absolute Gasteiger partial charge is 0.497 e. The van der Waals surface area contributed by atoms with E-state index >= 15 is 0 Å². The SMILES string of the molecule is COc1ccc(NC(=O)c2ccc(NC(=O)C=Cc3cc(C)ccc3OC)cc2)cc1. The minimum Gasteiger partial charge on any atom is -0.497 e. The molecule has 158 valence electrons. The van der Waals surface area contributed by atoms with Gasteiger partial charge in [-0.05, 0) is 73.7 Å². The molecule has 0 fully saturated rings. The number of ether oxygens (including phenoxy) is 2. The minimum atomic E-state index is -0.279. The molecule has 0 atom stereocenters. The van der Waals surface area contributed by atoms with E-state index in [0.29, 0.717) is 28.4 Å². The van der Waals surface area contributed by atoms with Crippen LogP contribution < -0.4 is 20.1 Å². The molecule has 3 aromatic rings. The van der Waals surface area contributed by atoms with E-state index < -0.39 is 0 Å². The van der Waals surface area contributed by atoms with Gasteiger partial charge < -0.3 is 20.1 Å². The number of carbonyl (C=O) groups excluding carboxylic acids is 2. The molecule has 0 aromatic heterocycles. The van der Waals surface area contributed by atoms with Crippen molar-refractivity contribution in [2.24, 2.45) is 0 Å². The van der Waals surface area contributed by atoms with E-state index in [9.17, 15) is 9.59 Å². The number of amides is 2. The third kappa shape index (κ3) is 5.96. The van der Waals surface area contributed by atoms with E-state index in [1.165, 1.54) is 6.08 Å². The van der Waals surface area contributed by atoms with E-state index in [-0.39, 0.29) is 11.8 Å². The molecule has 0 unspecified atom stereocenters. The number of aryl methyl sites for hydroxylation is 1. The zero-order valence-corrected chi connectivity index (χ0v) is 17.6. The smallest absolute Gasteiger partial charge is 0.255 e. The van der Waals surface area contributed by atoms with Gasteiger partial charge in [-0.2, -0.15) is 0 Å². The quantitative estimate of drug-likeness (QED) is 0.536. The molecule has 0 aliphatic heterocycles. The lowest BCUT2D eigenvalue weighted by molar-refractivity contribution is -0.111. The topological polar surface area (TPSA) is 76.7 Å². The lowest BCUT2D eigenvalue weighted by Gasteiger charge is -2.08. The Labute approximate surface area is 181 Å². The summed E-state index contributed by atoms with van der Waals surface area (Å²) < 4.78 is 10.4. The lowest BCUT2D eigenvalue weighted by atomic mass is 10.1. The zero-order valence-electron chi connectivity index (χ0n) is 17.6. The zero-order chi connectivity index (χ0) is 22.2. The van der Waals surface area contributed by atoms with Crippen LogP contribution >= 0.6 is 0 Å². The first-order chi connectivity index (χ1) is 15.0. The number of nitrogens with one attached hydrogen (secondary N) is 2. The summed E-state index contributed by atoms with van der Waals surface area (Å²) in [5.41, 5.74) is 3.63. The Morgan fingerprint density at radius 2 is 1.45 bits per heavy atom. The van der Waals surface area contributed by atoms with Gasteiger partial charge in [-0.3, -0.25) is 9.59 Å². The Morgan fingerprint density at radius 1 is 0.806 bits per heavy atom. The third-order valence-corrected chi connectivity index (χ3v) is 4.56. The van der Waals surface area contributed by atoms with Gasteiger partial charge in [0.15, 0.2) is 0 Å². The van der Waals surface area contributed by atoms with E-state index in [2.05, 4.69) is 10.6 Å². The highest BCUT2D eigenvalue weighted by Gasteiger charge is 2.07. The van der Waals surface area contributed by atoms with E-state index in [4.69, 9.17) is 9.47 Å². The van der Waals surface area contributed by atoms with Gasteiger partial charge in [-0.25, -0.2) is 0 Å². The molecule has 2 amide bonds. The van der Waals surface area contributed by atoms with E-state index in [1.54, 1.807) is 68.8 Å². The highest BCUT2D eigenvalue weighted by atomic mass is 16.5. The van der Waals surface area contributed by atoms with Crippen LogP contribution in [0.5, 0.6) is 11.5 Å². The Bertz CT molecular complexity index is 1090. The number of methoxy groups -OCH3 is 2. The number of anilines is 2. The summed E-state index contributed by atoms with van der Waals surface area (Å²) in [6.07, 6.45) is 3.15. The molecular weight excluding hydrogens is 392 g/mol. The summed E-state index contributed by atoms with van der Waals surface area (Å²) >= 11 is 0. The van der Waals surface area contributed by atoms with Crippen LogP contribution in [0.1, 0.15) is 21.5 Å². The van der Waals surface area contributed by atoms with E-state index in [0.717, 1.165) is 11.1 Å². The average molecular weight is 416 g/mol. The molecule has 6 heteroatoms.